The van der Waals surface area contributed by atoms with E-state index < -0.39 is 22.0 Å². The Morgan fingerprint density at radius 1 is 1.12 bits per heavy atom. The summed E-state index contributed by atoms with van der Waals surface area (Å²) in [4.78, 5) is 24.3. The van der Waals surface area contributed by atoms with E-state index in [-0.39, 0.29) is 29.7 Å². The number of carbonyl (C=O) groups excluding carboxylic acids is 1. The molecule has 1 aliphatic carbocycles. The molecule has 1 saturated carbocycles. The normalized spacial score (nSPS) is 14.4. The molecule has 42 heavy (non-hydrogen) atoms. The Morgan fingerprint density at radius 2 is 1.86 bits per heavy atom. The van der Waals surface area contributed by atoms with Crippen LogP contribution in [0.4, 0.5) is 4.39 Å². The molecule has 0 atom stereocenters. The number of carboxylic acids is 1. The number of hydrogen-bond acceptors (Lipinski definition) is 5. The number of carbonyl (C=O) groups is 2. The predicted molar refractivity (Wildman–Crippen MR) is 159 cm³/mol. The third-order valence-corrected chi connectivity index (χ3v) is 9.02. The summed E-state index contributed by atoms with van der Waals surface area (Å²) in [5.74, 6) is -1.37. The molecule has 2 aromatic carbocycles. The van der Waals surface area contributed by atoms with Crippen LogP contribution in [-0.2, 0) is 22.1 Å². The lowest BCUT2D eigenvalue weighted by Crippen LogP contribution is -2.34. The van der Waals surface area contributed by atoms with Crippen molar-refractivity contribution in [2.75, 3.05) is 26.7 Å². The van der Waals surface area contributed by atoms with Gasteiger partial charge in [-0.15, -0.1) is 0 Å². The number of aryl methyl sites for hydroxylation is 1. The second-order valence-electron chi connectivity index (χ2n) is 10.9. The van der Waals surface area contributed by atoms with Crippen molar-refractivity contribution in [1.82, 2.24) is 14.2 Å². The molecule has 0 bridgehead atoms. The van der Waals surface area contributed by atoms with E-state index in [2.05, 4.69) is 5.32 Å². The van der Waals surface area contributed by atoms with E-state index in [4.69, 9.17) is 9.88 Å². The maximum Gasteiger partial charge on any atom is 0.335 e. The average Bonchev–Trinajstić information content (AvgIpc) is 3.24. The van der Waals surface area contributed by atoms with E-state index in [0.29, 0.717) is 37.9 Å². The summed E-state index contributed by atoms with van der Waals surface area (Å²) in [6.07, 6.45) is 7.33. The number of aromatic nitrogens is 1. The third kappa shape index (κ3) is 7.47. The van der Waals surface area contributed by atoms with Crippen LogP contribution in [0.2, 0.25) is 0 Å². The molecule has 0 spiro atoms. The van der Waals surface area contributed by atoms with Crippen molar-refractivity contribution in [2.24, 2.45) is 12.2 Å². The zero-order valence-corrected chi connectivity index (χ0v) is 24.9. The van der Waals surface area contributed by atoms with E-state index >= 15 is 0 Å². The predicted octanol–water partition coefficient (Wildman–Crippen LogP) is 4.53. The number of carboxylic acid groups (broad SMARTS) is 1. The maximum absolute atomic E-state index is 14.4. The Bertz CT molecular complexity index is 1550. The maximum atomic E-state index is 14.4. The number of rotatable bonds is 13. The molecule has 0 saturated heterocycles. The Kier molecular flexibility index (Phi) is 10.2. The molecule has 1 heterocycles. The number of fused-ring (bicyclic) bond motifs is 1. The van der Waals surface area contributed by atoms with Gasteiger partial charge in [-0.05, 0) is 61.4 Å². The van der Waals surface area contributed by atoms with Crippen molar-refractivity contribution in [3.8, 4) is 17.0 Å². The summed E-state index contributed by atoms with van der Waals surface area (Å²) >= 11 is 0. The second kappa shape index (κ2) is 13.7. The minimum absolute atomic E-state index is 0.188. The lowest BCUT2D eigenvalue weighted by Gasteiger charge is -2.24. The second-order valence-corrected chi connectivity index (χ2v) is 12.6. The average molecular weight is 603 g/mol. The minimum atomic E-state index is -3.70. The molecule has 4 N–H and O–H groups in total. The summed E-state index contributed by atoms with van der Waals surface area (Å²) in [7, 11) is -0.413. The van der Waals surface area contributed by atoms with Crippen LogP contribution in [0.25, 0.3) is 22.2 Å². The molecule has 12 heteroatoms. The van der Waals surface area contributed by atoms with Gasteiger partial charge in [0.15, 0.2) is 6.61 Å². The van der Waals surface area contributed by atoms with Crippen molar-refractivity contribution in [3.05, 3.63) is 53.3 Å². The first-order chi connectivity index (χ1) is 20.0. The Hall–Kier alpha value is -3.48. The van der Waals surface area contributed by atoms with Gasteiger partial charge in [0.25, 0.3) is 16.1 Å². The van der Waals surface area contributed by atoms with Gasteiger partial charge in [-0.1, -0.05) is 31.7 Å². The van der Waals surface area contributed by atoms with Crippen molar-refractivity contribution in [3.63, 3.8) is 0 Å². The van der Waals surface area contributed by atoms with E-state index in [9.17, 15) is 27.5 Å². The SMILES string of the molecule is CN(CCCCCNC(=O)COc1cc(F)ccc1-c1c(C2CCCCC2)c2ccc(C(=O)O)cc2n1C)S(N)(=O)=O. The molecule has 0 aliphatic heterocycles. The monoisotopic (exact) mass is 602 g/mol. The lowest BCUT2D eigenvalue weighted by molar-refractivity contribution is -0.123. The number of nitrogens with two attached hydrogens (primary N) is 1. The first-order valence-corrected chi connectivity index (χ1v) is 15.8. The quantitative estimate of drug-likeness (QED) is 0.245. The molecule has 0 radical (unpaired) electrons. The van der Waals surface area contributed by atoms with Gasteiger partial charge in [0, 0.05) is 49.7 Å². The molecule has 1 aliphatic rings. The number of ether oxygens (including phenoxy) is 1. The van der Waals surface area contributed by atoms with Crippen molar-refractivity contribution in [2.45, 2.75) is 57.3 Å². The fourth-order valence-electron chi connectivity index (χ4n) is 5.73. The molecule has 4 rings (SSSR count). The van der Waals surface area contributed by atoms with Crippen molar-refractivity contribution >= 4 is 33.0 Å². The van der Waals surface area contributed by atoms with Gasteiger partial charge < -0.3 is 19.7 Å². The number of amides is 1. The van der Waals surface area contributed by atoms with Gasteiger partial charge in [0.05, 0.1) is 11.3 Å². The van der Waals surface area contributed by atoms with Gasteiger partial charge in [-0.2, -0.15) is 12.7 Å². The zero-order chi connectivity index (χ0) is 30.4. The van der Waals surface area contributed by atoms with Crippen LogP contribution >= 0.6 is 0 Å². The van der Waals surface area contributed by atoms with Gasteiger partial charge in [-0.3, -0.25) is 4.79 Å². The molecule has 1 aromatic heterocycles. The highest BCUT2D eigenvalue weighted by molar-refractivity contribution is 7.86. The minimum Gasteiger partial charge on any atom is -0.483 e. The van der Waals surface area contributed by atoms with E-state index in [1.54, 1.807) is 18.2 Å². The summed E-state index contributed by atoms with van der Waals surface area (Å²) < 4.78 is 45.9. The fraction of sp³-hybridized carbons (Fsp3) is 0.467. The van der Waals surface area contributed by atoms with E-state index in [1.165, 1.54) is 25.6 Å². The molecule has 3 aromatic rings. The lowest BCUT2D eigenvalue weighted by atomic mass is 9.81. The van der Waals surface area contributed by atoms with Crippen molar-refractivity contribution < 1.29 is 32.2 Å². The summed E-state index contributed by atoms with van der Waals surface area (Å²) in [6, 6.07) is 9.43. The van der Waals surface area contributed by atoms with Crippen LogP contribution < -0.4 is 15.2 Å². The van der Waals surface area contributed by atoms with E-state index in [1.807, 2.05) is 17.7 Å². The molecule has 0 unspecified atom stereocenters. The van der Waals surface area contributed by atoms with Crippen LogP contribution in [0, 0.1) is 5.82 Å². The third-order valence-electron chi connectivity index (χ3n) is 7.96. The smallest absolute Gasteiger partial charge is 0.335 e. The highest BCUT2D eigenvalue weighted by Gasteiger charge is 2.28. The summed E-state index contributed by atoms with van der Waals surface area (Å²) in [5.41, 5.74) is 3.53. The van der Waals surface area contributed by atoms with Gasteiger partial charge in [-0.25, -0.2) is 14.3 Å². The Balaban J connectivity index is 1.52. The number of aromatic carboxylic acids is 1. The molecule has 228 valence electrons. The number of hydrogen-bond donors (Lipinski definition) is 3. The van der Waals surface area contributed by atoms with Crippen LogP contribution in [0.15, 0.2) is 36.4 Å². The van der Waals surface area contributed by atoms with Crippen LogP contribution in [0.3, 0.4) is 0 Å². The molecule has 1 amide bonds. The Labute approximate surface area is 245 Å². The number of nitrogens with one attached hydrogen (secondary N) is 1. The first-order valence-electron chi connectivity index (χ1n) is 14.3. The zero-order valence-electron chi connectivity index (χ0n) is 24.1. The highest BCUT2D eigenvalue weighted by Crippen LogP contribution is 2.46. The van der Waals surface area contributed by atoms with Crippen LogP contribution in [0.5, 0.6) is 5.75 Å². The largest absolute Gasteiger partial charge is 0.483 e. The standard InChI is InChI=1S/C30H39FN4O6S/c1-34(42(32,39)40)16-8-4-7-15-33-27(36)19-41-26-18-22(31)12-14-24(26)29-28(20-9-5-3-6-10-20)23-13-11-21(30(37)38)17-25(23)35(29)2/h11-14,17-18,20H,3-10,15-16,19H2,1-2H3,(H,33,36)(H,37,38)(H2,32,39,40). The summed E-state index contributed by atoms with van der Waals surface area (Å²) in [5, 5.41) is 18.4. The fourth-order valence-corrected chi connectivity index (χ4v) is 6.11. The first kappa shape index (κ1) is 31.5. The highest BCUT2D eigenvalue weighted by atomic mass is 32.2. The van der Waals surface area contributed by atoms with Gasteiger partial charge in [0.2, 0.25) is 0 Å². The molecule has 10 nitrogen and oxygen atoms in total. The van der Waals surface area contributed by atoms with Gasteiger partial charge in [0.1, 0.15) is 11.6 Å². The molecular formula is C30H39FN4O6S. The van der Waals surface area contributed by atoms with Crippen molar-refractivity contribution in [1.29, 1.82) is 0 Å². The number of nitrogens with zero attached hydrogens (tertiary/aromatic N) is 2. The van der Waals surface area contributed by atoms with Gasteiger partial charge >= 0.3 is 5.97 Å². The number of unbranched alkanes of at least 4 members (excludes halogenated alkanes) is 2. The number of halogens is 1. The number of benzene rings is 2. The Morgan fingerprint density at radius 3 is 2.55 bits per heavy atom. The van der Waals surface area contributed by atoms with E-state index in [0.717, 1.165) is 52.1 Å². The topological polar surface area (TPSA) is 144 Å². The van der Waals surface area contributed by atoms with Crippen LogP contribution in [-0.4, -0.2) is 61.0 Å². The van der Waals surface area contributed by atoms with Crippen LogP contribution in [0.1, 0.15) is 73.2 Å². The molecular weight excluding hydrogens is 563 g/mol. The summed E-state index contributed by atoms with van der Waals surface area (Å²) in [6.45, 7) is 0.377. The molecule has 1 fully saturated rings.